The molecule has 1 atom stereocenters. The molecule has 0 heterocycles. The number of amides is 1. The van der Waals surface area contributed by atoms with E-state index in [1.54, 1.807) is 13.2 Å². The highest BCUT2D eigenvalue weighted by molar-refractivity contribution is 5.92. The average Bonchev–Trinajstić information content (AvgIpc) is 2.68. The molecule has 2 aromatic carbocycles. The van der Waals surface area contributed by atoms with E-state index in [2.05, 4.69) is 5.32 Å². The van der Waals surface area contributed by atoms with Gasteiger partial charge < -0.3 is 19.5 Å². The van der Waals surface area contributed by atoms with Crippen molar-refractivity contribution in [2.45, 2.75) is 26.8 Å². The van der Waals surface area contributed by atoms with Gasteiger partial charge in [-0.15, -0.1) is 0 Å². The van der Waals surface area contributed by atoms with E-state index in [9.17, 15) is 4.79 Å². The van der Waals surface area contributed by atoms with E-state index in [-0.39, 0.29) is 11.9 Å². The highest BCUT2D eigenvalue weighted by Crippen LogP contribution is 2.30. The molecule has 5 heteroatoms. The van der Waals surface area contributed by atoms with Crippen LogP contribution >= 0.6 is 0 Å². The van der Waals surface area contributed by atoms with Crippen LogP contribution in [0.25, 0.3) is 6.08 Å². The Balaban J connectivity index is 2.07. The van der Waals surface area contributed by atoms with Gasteiger partial charge in [-0.25, -0.2) is 0 Å². The Morgan fingerprint density at radius 1 is 1.04 bits per heavy atom. The third-order valence-electron chi connectivity index (χ3n) is 3.98. The highest BCUT2D eigenvalue weighted by Gasteiger charge is 2.12. The summed E-state index contributed by atoms with van der Waals surface area (Å²) in [5, 5.41) is 2.96. The second-order valence-corrected chi connectivity index (χ2v) is 5.88. The monoisotopic (exact) mass is 369 g/mol. The largest absolute Gasteiger partial charge is 0.496 e. The third kappa shape index (κ3) is 5.78. The van der Waals surface area contributed by atoms with Crippen LogP contribution in [0.2, 0.25) is 0 Å². The molecule has 0 unspecified atom stereocenters. The summed E-state index contributed by atoms with van der Waals surface area (Å²) in [7, 11) is 1.61. The molecule has 2 aromatic rings. The van der Waals surface area contributed by atoms with Crippen LogP contribution < -0.4 is 19.5 Å². The first kappa shape index (κ1) is 20.4. The van der Waals surface area contributed by atoms with Gasteiger partial charge in [-0.1, -0.05) is 24.3 Å². The van der Waals surface area contributed by atoms with E-state index in [0.29, 0.717) is 24.7 Å². The van der Waals surface area contributed by atoms with E-state index in [4.69, 9.17) is 14.2 Å². The summed E-state index contributed by atoms with van der Waals surface area (Å²) in [6, 6.07) is 13.1. The predicted octanol–water partition coefficient (Wildman–Crippen LogP) is 4.38. The van der Waals surface area contributed by atoms with E-state index >= 15 is 0 Å². The van der Waals surface area contributed by atoms with Crippen molar-refractivity contribution in [3.05, 3.63) is 59.7 Å². The van der Waals surface area contributed by atoms with Crippen LogP contribution in [0.3, 0.4) is 0 Å². The lowest BCUT2D eigenvalue weighted by atomic mass is 10.1. The summed E-state index contributed by atoms with van der Waals surface area (Å²) in [4.78, 5) is 12.3. The Bertz CT molecular complexity index is 786. The van der Waals surface area contributed by atoms with E-state index < -0.39 is 0 Å². The van der Waals surface area contributed by atoms with Crippen molar-refractivity contribution >= 4 is 12.0 Å². The first-order valence-electron chi connectivity index (χ1n) is 9.10. The number of hydrogen-bond donors (Lipinski definition) is 1. The fourth-order valence-electron chi connectivity index (χ4n) is 2.65. The molecule has 0 aliphatic carbocycles. The zero-order valence-corrected chi connectivity index (χ0v) is 16.3. The molecular formula is C22H27NO4. The predicted molar refractivity (Wildman–Crippen MR) is 107 cm³/mol. The number of methoxy groups -OCH3 is 1. The Hall–Kier alpha value is -2.95. The molecule has 0 aliphatic heterocycles. The fourth-order valence-corrected chi connectivity index (χ4v) is 2.65. The number of carbonyl (C=O) groups excluding carboxylic acids is 1. The van der Waals surface area contributed by atoms with Gasteiger partial charge in [-0.3, -0.25) is 4.79 Å². The first-order chi connectivity index (χ1) is 13.1. The van der Waals surface area contributed by atoms with E-state index in [1.165, 1.54) is 6.08 Å². The van der Waals surface area contributed by atoms with Crippen LogP contribution in [-0.4, -0.2) is 26.2 Å². The van der Waals surface area contributed by atoms with Crippen molar-refractivity contribution in [3.63, 3.8) is 0 Å². The number of hydrogen-bond acceptors (Lipinski definition) is 4. The molecule has 2 rings (SSSR count). The molecule has 0 saturated heterocycles. The SMILES string of the molecule is CCOc1ccc([C@@H](C)NC(=O)/C=C/c2ccccc2OC)cc1OCC. The molecule has 144 valence electrons. The van der Waals surface area contributed by atoms with Gasteiger partial charge in [0.1, 0.15) is 5.75 Å². The number of ether oxygens (including phenoxy) is 3. The van der Waals surface area contributed by atoms with Crippen LogP contribution in [-0.2, 0) is 4.79 Å². The molecular weight excluding hydrogens is 342 g/mol. The molecule has 0 aliphatic rings. The minimum absolute atomic E-state index is 0.172. The first-order valence-corrected chi connectivity index (χ1v) is 9.10. The van der Waals surface area contributed by atoms with Crippen molar-refractivity contribution in [3.8, 4) is 17.2 Å². The maximum absolute atomic E-state index is 12.3. The lowest BCUT2D eigenvalue weighted by Gasteiger charge is -2.17. The maximum Gasteiger partial charge on any atom is 0.244 e. The lowest BCUT2D eigenvalue weighted by Crippen LogP contribution is -2.24. The van der Waals surface area contributed by atoms with E-state index in [0.717, 1.165) is 16.9 Å². The number of carbonyl (C=O) groups is 1. The van der Waals surface area contributed by atoms with Crippen molar-refractivity contribution in [1.29, 1.82) is 0 Å². The molecule has 1 N–H and O–H groups in total. The molecule has 0 saturated carbocycles. The van der Waals surface area contributed by atoms with Crippen LogP contribution in [0.4, 0.5) is 0 Å². The maximum atomic E-state index is 12.3. The van der Waals surface area contributed by atoms with Gasteiger partial charge >= 0.3 is 0 Å². The average molecular weight is 369 g/mol. The number of nitrogens with one attached hydrogen (secondary N) is 1. The molecule has 5 nitrogen and oxygen atoms in total. The molecule has 0 aromatic heterocycles. The van der Waals surface area contributed by atoms with Gasteiger partial charge in [-0.2, -0.15) is 0 Å². The Morgan fingerprint density at radius 2 is 1.74 bits per heavy atom. The summed E-state index contributed by atoms with van der Waals surface area (Å²) in [5.41, 5.74) is 1.79. The van der Waals surface area contributed by atoms with Crippen LogP contribution in [0.15, 0.2) is 48.5 Å². The minimum Gasteiger partial charge on any atom is -0.496 e. The van der Waals surface area contributed by atoms with Gasteiger partial charge in [0.05, 0.1) is 26.4 Å². The summed E-state index contributed by atoms with van der Waals surface area (Å²) >= 11 is 0. The summed E-state index contributed by atoms with van der Waals surface area (Å²) in [6.07, 6.45) is 3.25. The van der Waals surface area contributed by atoms with Crippen LogP contribution in [0.1, 0.15) is 37.9 Å². The van der Waals surface area contributed by atoms with E-state index in [1.807, 2.05) is 63.2 Å². The Morgan fingerprint density at radius 3 is 2.44 bits per heavy atom. The molecule has 0 bridgehead atoms. The zero-order valence-electron chi connectivity index (χ0n) is 16.3. The standard InChI is InChI=1S/C22H27NO4/c1-5-26-20-13-11-18(15-21(20)27-6-2)16(3)23-22(24)14-12-17-9-7-8-10-19(17)25-4/h7-16H,5-6H2,1-4H3,(H,23,24)/b14-12+/t16-/m1/s1. The topological polar surface area (TPSA) is 56.8 Å². The number of para-hydroxylation sites is 1. The Labute approximate surface area is 161 Å². The second kappa shape index (κ2) is 10.3. The summed E-state index contributed by atoms with van der Waals surface area (Å²) in [6.45, 7) is 6.91. The smallest absolute Gasteiger partial charge is 0.244 e. The minimum atomic E-state index is -0.180. The van der Waals surface area contributed by atoms with Crippen molar-refractivity contribution in [2.75, 3.05) is 20.3 Å². The molecule has 0 radical (unpaired) electrons. The number of rotatable bonds is 9. The molecule has 27 heavy (non-hydrogen) atoms. The number of benzene rings is 2. The second-order valence-electron chi connectivity index (χ2n) is 5.88. The summed E-state index contributed by atoms with van der Waals surface area (Å²) < 4.78 is 16.5. The van der Waals surface area contributed by atoms with Crippen LogP contribution in [0.5, 0.6) is 17.2 Å². The third-order valence-corrected chi connectivity index (χ3v) is 3.98. The highest BCUT2D eigenvalue weighted by atomic mass is 16.5. The van der Waals surface area contributed by atoms with Gasteiger partial charge in [0.15, 0.2) is 11.5 Å². The Kier molecular flexibility index (Phi) is 7.74. The molecule has 0 spiro atoms. The van der Waals surface area contributed by atoms with Gasteiger partial charge in [0, 0.05) is 11.6 Å². The summed E-state index contributed by atoms with van der Waals surface area (Å²) in [5.74, 6) is 1.93. The fraction of sp³-hybridized carbons (Fsp3) is 0.318. The van der Waals surface area contributed by atoms with Gasteiger partial charge in [0.25, 0.3) is 0 Å². The van der Waals surface area contributed by atoms with Gasteiger partial charge in [-0.05, 0) is 50.6 Å². The van der Waals surface area contributed by atoms with Gasteiger partial charge in [0.2, 0.25) is 5.91 Å². The quantitative estimate of drug-likeness (QED) is 0.666. The van der Waals surface area contributed by atoms with Crippen LogP contribution in [0, 0.1) is 0 Å². The molecule has 1 amide bonds. The zero-order chi connectivity index (χ0) is 19.6. The normalized spacial score (nSPS) is 11.9. The van der Waals surface area contributed by atoms with Crippen molar-refractivity contribution < 1.29 is 19.0 Å². The van der Waals surface area contributed by atoms with Crippen molar-refractivity contribution in [2.24, 2.45) is 0 Å². The molecule has 0 fully saturated rings. The lowest BCUT2D eigenvalue weighted by molar-refractivity contribution is -0.117. The van der Waals surface area contributed by atoms with Crippen molar-refractivity contribution in [1.82, 2.24) is 5.32 Å².